The molecule has 0 aromatic heterocycles. The first kappa shape index (κ1) is 15.4. The molecule has 0 bridgehead atoms. The van der Waals surface area contributed by atoms with Gasteiger partial charge in [0.05, 0.1) is 11.9 Å². The Morgan fingerprint density at radius 2 is 1.94 bits per heavy atom. The standard InChI is InChI=1S/C10H18BrNO4/c1-10(2,3)16-9(14)7-15-5-4-12-8(13)6-11/h4-7H2,1-3H3,(H,12,13). The van der Waals surface area contributed by atoms with Crippen molar-refractivity contribution in [3.63, 3.8) is 0 Å². The molecule has 16 heavy (non-hydrogen) atoms. The first-order valence-electron chi connectivity index (χ1n) is 4.97. The van der Waals surface area contributed by atoms with Gasteiger partial charge in [-0.1, -0.05) is 15.9 Å². The second kappa shape index (κ2) is 7.62. The van der Waals surface area contributed by atoms with Crippen LogP contribution in [0.3, 0.4) is 0 Å². The Kier molecular flexibility index (Phi) is 7.33. The van der Waals surface area contributed by atoms with Gasteiger partial charge in [0.15, 0.2) is 0 Å². The molecule has 1 N–H and O–H groups in total. The third-order valence-corrected chi connectivity index (χ3v) is 1.84. The largest absolute Gasteiger partial charge is 0.458 e. The Bertz CT molecular complexity index is 237. The van der Waals surface area contributed by atoms with E-state index in [1.165, 1.54) is 0 Å². The lowest BCUT2D eigenvalue weighted by Crippen LogP contribution is -2.30. The molecule has 5 nitrogen and oxygen atoms in total. The fourth-order valence-electron chi connectivity index (χ4n) is 0.836. The van der Waals surface area contributed by atoms with Gasteiger partial charge in [-0.3, -0.25) is 4.79 Å². The van der Waals surface area contributed by atoms with Crippen LogP contribution in [0, 0.1) is 0 Å². The Labute approximate surface area is 104 Å². The molecule has 0 radical (unpaired) electrons. The van der Waals surface area contributed by atoms with E-state index in [9.17, 15) is 9.59 Å². The number of alkyl halides is 1. The Hall–Kier alpha value is -0.620. The third kappa shape index (κ3) is 9.92. The van der Waals surface area contributed by atoms with Crippen LogP contribution in [0.15, 0.2) is 0 Å². The normalized spacial score (nSPS) is 11.0. The summed E-state index contributed by atoms with van der Waals surface area (Å²) in [6.07, 6.45) is 0. The van der Waals surface area contributed by atoms with Crippen LogP contribution >= 0.6 is 15.9 Å². The van der Waals surface area contributed by atoms with Crippen molar-refractivity contribution in [3.05, 3.63) is 0 Å². The SMILES string of the molecule is CC(C)(C)OC(=O)COCCNC(=O)CBr. The summed E-state index contributed by atoms with van der Waals surface area (Å²) in [6.45, 7) is 5.95. The number of amides is 1. The molecule has 94 valence electrons. The van der Waals surface area contributed by atoms with Gasteiger partial charge >= 0.3 is 5.97 Å². The molecule has 0 aliphatic heterocycles. The number of carbonyl (C=O) groups excluding carboxylic acids is 2. The molecule has 0 rings (SSSR count). The van der Waals surface area contributed by atoms with E-state index in [4.69, 9.17) is 9.47 Å². The predicted molar refractivity (Wildman–Crippen MR) is 63.5 cm³/mol. The minimum Gasteiger partial charge on any atom is -0.458 e. The lowest BCUT2D eigenvalue weighted by atomic mass is 10.2. The van der Waals surface area contributed by atoms with Crippen molar-refractivity contribution in [2.75, 3.05) is 25.1 Å². The van der Waals surface area contributed by atoms with Crippen molar-refractivity contribution < 1.29 is 19.1 Å². The molecular formula is C10H18BrNO4. The molecule has 0 atom stereocenters. The highest BCUT2D eigenvalue weighted by atomic mass is 79.9. The Morgan fingerprint density at radius 1 is 1.31 bits per heavy atom. The van der Waals surface area contributed by atoms with Gasteiger partial charge in [-0.05, 0) is 20.8 Å². The zero-order chi connectivity index (χ0) is 12.6. The molecule has 6 heteroatoms. The van der Waals surface area contributed by atoms with Crippen molar-refractivity contribution >= 4 is 27.8 Å². The van der Waals surface area contributed by atoms with E-state index in [2.05, 4.69) is 21.2 Å². The summed E-state index contributed by atoms with van der Waals surface area (Å²) in [7, 11) is 0. The highest BCUT2D eigenvalue weighted by Gasteiger charge is 2.15. The van der Waals surface area contributed by atoms with Crippen molar-refractivity contribution in [1.29, 1.82) is 0 Å². The highest BCUT2D eigenvalue weighted by molar-refractivity contribution is 9.09. The van der Waals surface area contributed by atoms with E-state index in [0.29, 0.717) is 6.54 Å². The minimum absolute atomic E-state index is 0.0958. The van der Waals surface area contributed by atoms with Crippen LogP contribution in [0.25, 0.3) is 0 Å². The zero-order valence-electron chi connectivity index (χ0n) is 9.84. The summed E-state index contributed by atoms with van der Waals surface area (Å²) in [6, 6.07) is 0. The summed E-state index contributed by atoms with van der Waals surface area (Å²) in [5, 5.41) is 2.85. The molecule has 0 aromatic rings. The molecule has 0 heterocycles. The van der Waals surface area contributed by atoms with E-state index in [0.717, 1.165) is 0 Å². The first-order valence-corrected chi connectivity index (χ1v) is 6.09. The molecule has 0 aromatic carbocycles. The molecular weight excluding hydrogens is 278 g/mol. The molecule has 0 saturated carbocycles. The summed E-state index contributed by atoms with van der Waals surface area (Å²) < 4.78 is 10.1. The third-order valence-electron chi connectivity index (χ3n) is 1.33. The van der Waals surface area contributed by atoms with Crippen LogP contribution in [0.5, 0.6) is 0 Å². The molecule has 0 saturated heterocycles. The van der Waals surface area contributed by atoms with E-state index < -0.39 is 11.6 Å². The Morgan fingerprint density at radius 3 is 2.44 bits per heavy atom. The molecule has 0 spiro atoms. The van der Waals surface area contributed by atoms with Crippen LogP contribution in [0.4, 0.5) is 0 Å². The average molecular weight is 296 g/mol. The van der Waals surface area contributed by atoms with Crippen molar-refractivity contribution in [3.8, 4) is 0 Å². The highest BCUT2D eigenvalue weighted by Crippen LogP contribution is 2.06. The number of hydrogen-bond acceptors (Lipinski definition) is 4. The van der Waals surface area contributed by atoms with Crippen LogP contribution in [0.2, 0.25) is 0 Å². The average Bonchev–Trinajstić information content (AvgIpc) is 2.14. The molecule has 1 amide bonds. The van der Waals surface area contributed by atoms with E-state index >= 15 is 0 Å². The number of carbonyl (C=O) groups is 2. The van der Waals surface area contributed by atoms with Gasteiger partial charge in [0, 0.05) is 6.54 Å². The number of nitrogens with one attached hydrogen (secondary N) is 1. The maximum absolute atomic E-state index is 11.2. The lowest BCUT2D eigenvalue weighted by Gasteiger charge is -2.19. The lowest BCUT2D eigenvalue weighted by molar-refractivity contribution is -0.160. The minimum atomic E-state index is -0.495. The predicted octanol–water partition coefficient (Wildman–Crippen LogP) is 0.856. The van der Waals surface area contributed by atoms with E-state index in [1.807, 2.05) is 0 Å². The quantitative estimate of drug-likeness (QED) is 0.448. The van der Waals surface area contributed by atoms with Gasteiger partial charge < -0.3 is 14.8 Å². The maximum Gasteiger partial charge on any atom is 0.332 e. The topological polar surface area (TPSA) is 64.6 Å². The summed E-state index contributed by atoms with van der Waals surface area (Å²) in [5.74, 6) is -0.514. The summed E-state index contributed by atoms with van der Waals surface area (Å²) in [4.78, 5) is 22.0. The molecule has 0 aliphatic carbocycles. The van der Waals surface area contributed by atoms with Crippen LogP contribution in [-0.4, -0.2) is 42.6 Å². The molecule has 0 fully saturated rings. The van der Waals surface area contributed by atoms with Gasteiger partial charge in [-0.15, -0.1) is 0 Å². The smallest absolute Gasteiger partial charge is 0.332 e. The summed E-state index contributed by atoms with van der Waals surface area (Å²) >= 11 is 3.01. The number of ether oxygens (including phenoxy) is 2. The number of halogens is 1. The summed E-state index contributed by atoms with van der Waals surface area (Å²) in [5.41, 5.74) is -0.495. The van der Waals surface area contributed by atoms with Crippen molar-refractivity contribution in [2.24, 2.45) is 0 Å². The fourth-order valence-corrected chi connectivity index (χ4v) is 1.03. The van der Waals surface area contributed by atoms with Gasteiger partial charge in [0.25, 0.3) is 0 Å². The van der Waals surface area contributed by atoms with Crippen molar-refractivity contribution in [1.82, 2.24) is 5.32 Å². The van der Waals surface area contributed by atoms with E-state index in [-0.39, 0.29) is 24.5 Å². The van der Waals surface area contributed by atoms with Crippen molar-refractivity contribution in [2.45, 2.75) is 26.4 Å². The van der Waals surface area contributed by atoms with Gasteiger partial charge in [0.1, 0.15) is 12.2 Å². The molecule has 0 aliphatic rings. The van der Waals surface area contributed by atoms with Crippen LogP contribution in [-0.2, 0) is 19.1 Å². The molecule has 0 unspecified atom stereocenters. The second-order valence-corrected chi connectivity index (χ2v) is 4.68. The van der Waals surface area contributed by atoms with Crippen LogP contribution in [0.1, 0.15) is 20.8 Å². The van der Waals surface area contributed by atoms with Crippen LogP contribution < -0.4 is 5.32 Å². The zero-order valence-corrected chi connectivity index (χ0v) is 11.4. The van der Waals surface area contributed by atoms with Gasteiger partial charge in [-0.25, -0.2) is 4.79 Å². The monoisotopic (exact) mass is 295 g/mol. The fraction of sp³-hybridized carbons (Fsp3) is 0.800. The second-order valence-electron chi connectivity index (χ2n) is 4.12. The van der Waals surface area contributed by atoms with Gasteiger partial charge in [0.2, 0.25) is 5.91 Å². The number of hydrogen-bond donors (Lipinski definition) is 1. The first-order chi connectivity index (χ1) is 7.35. The maximum atomic E-state index is 11.2. The van der Waals surface area contributed by atoms with Gasteiger partial charge in [-0.2, -0.15) is 0 Å². The van der Waals surface area contributed by atoms with E-state index in [1.54, 1.807) is 20.8 Å². The Balaban J connectivity index is 3.45. The number of rotatable bonds is 6. The number of esters is 1.